The van der Waals surface area contributed by atoms with E-state index in [-0.39, 0.29) is 17.7 Å². The van der Waals surface area contributed by atoms with Gasteiger partial charge < -0.3 is 10.2 Å². The summed E-state index contributed by atoms with van der Waals surface area (Å²) in [4.78, 5) is 25.9. The number of amides is 2. The molecule has 1 fully saturated rings. The number of nitrogens with zero attached hydrogens (tertiary/aromatic N) is 1. The van der Waals surface area contributed by atoms with Crippen molar-refractivity contribution >= 4 is 17.5 Å². The summed E-state index contributed by atoms with van der Waals surface area (Å²) in [7, 11) is 0. The molecular formula is C17H22N2O2. The minimum atomic E-state index is -0.0130. The van der Waals surface area contributed by atoms with Gasteiger partial charge >= 0.3 is 0 Å². The van der Waals surface area contributed by atoms with E-state index in [9.17, 15) is 9.59 Å². The molecule has 0 spiro atoms. The van der Waals surface area contributed by atoms with Gasteiger partial charge in [-0.25, -0.2) is 0 Å². The van der Waals surface area contributed by atoms with Crippen LogP contribution in [0.1, 0.15) is 26.7 Å². The molecule has 21 heavy (non-hydrogen) atoms. The highest BCUT2D eigenvalue weighted by Gasteiger charge is 2.26. The lowest BCUT2D eigenvalue weighted by atomic mass is 9.95. The Hall–Kier alpha value is -2.10. The zero-order valence-electron chi connectivity index (χ0n) is 12.6. The van der Waals surface area contributed by atoms with Gasteiger partial charge in [-0.15, -0.1) is 0 Å². The number of carbonyl (C=O) groups is 2. The highest BCUT2D eigenvalue weighted by Crippen LogP contribution is 2.20. The zero-order chi connectivity index (χ0) is 15.2. The zero-order valence-corrected chi connectivity index (χ0v) is 12.6. The predicted molar refractivity (Wildman–Crippen MR) is 83.8 cm³/mol. The van der Waals surface area contributed by atoms with Crippen molar-refractivity contribution in [3.05, 3.63) is 42.0 Å². The number of carbonyl (C=O) groups excluding carboxylic acids is 2. The van der Waals surface area contributed by atoms with Gasteiger partial charge in [0.05, 0.1) is 0 Å². The van der Waals surface area contributed by atoms with Crippen molar-refractivity contribution < 1.29 is 9.59 Å². The second kappa shape index (κ2) is 7.07. The monoisotopic (exact) mass is 286 g/mol. The number of anilines is 1. The maximum atomic E-state index is 12.2. The van der Waals surface area contributed by atoms with Crippen LogP contribution in [0.4, 0.5) is 5.69 Å². The Morgan fingerprint density at radius 2 is 1.76 bits per heavy atom. The predicted octanol–water partition coefficient (Wildman–Crippen LogP) is 2.83. The van der Waals surface area contributed by atoms with Gasteiger partial charge in [0.15, 0.2) is 0 Å². The SMILES string of the molecule is CC(C)=CC(=O)N1CCC(C(=O)Nc2ccccc2)CC1. The number of rotatable bonds is 3. The molecule has 0 aromatic heterocycles. The molecule has 0 unspecified atom stereocenters. The quantitative estimate of drug-likeness (QED) is 0.869. The molecule has 2 rings (SSSR count). The fourth-order valence-corrected chi connectivity index (χ4v) is 2.47. The summed E-state index contributed by atoms with van der Waals surface area (Å²) >= 11 is 0. The van der Waals surface area contributed by atoms with Gasteiger partial charge in [-0.2, -0.15) is 0 Å². The van der Waals surface area contributed by atoms with Crippen LogP contribution in [0.15, 0.2) is 42.0 Å². The molecule has 1 aromatic rings. The third-order valence-electron chi connectivity index (χ3n) is 3.63. The number of piperidine rings is 1. The van der Waals surface area contributed by atoms with E-state index in [4.69, 9.17) is 0 Å². The Morgan fingerprint density at radius 3 is 2.33 bits per heavy atom. The van der Waals surface area contributed by atoms with Crippen LogP contribution in [-0.4, -0.2) is 29.8 Å². The van der Waals surface area contributed by atoms with Gasteiger partial charge in [-0.1, -0.05) is 23.8 Å². The summed E-state index contributed by atoms with van der Waals surface area (Å²) in [6.07, 6.45) is 3.10. The van der Waals surface area contributed by atoms with Crippen LogP contribution in [0.25, 0.3) is 0 Å². The van der Waals surface area contributed by atoms with E-state index >= 15 is 0 Å². The van der Waals surface area contributed by atoms with Gasteiger partial charge in [-0.05, 0) is 38.8 Å². The third kappa shape index (κ3) is 4.45. The Kier molecular flexibility index (Phi) is 5.14. The number of para-hydroxylation sites is 1. The van der Waals surface area contributed by atoms with Crippen molar-refractivity contribution in [2.75, 3.05) is 18.4 Å². The summed E-state index contributed by atoms with van der Waals surface area (Å²) in [6, 6.07) is 9.48. The Balaban J connectivity index is 1.85. The molecule has 0 bridgehead atoms. The van der Waals surface area contributed by atoms with Crippen molar-refractivity contribution in [1.82, 2.24) is 4.90 Å². The number of likely N-dealkylation sites (tertiary alicyclic amines) is 1. The van der Waals surface area contributed by atoms with Crippen molar-refractivity contribution in [3.63, 3.8) is 0 Å². The molecule has 0 aliphatic carbocycles. The van der Waals surface area contributed by atoms with Crippen LogP contribution in [0, 0.1) is 5.92 Å². The molecule has 1 aromatic carbocycles. The second-order valence-electron chi connectivity index (χ2n) is 5.68. The van der Waals surface area contributed by atoms with Crippen LogP contribution in [0.3, 0.4) is 0 Å². The van der Waals surface area contributed by atoms with E-state index in [1.165, 1.54) is 0 Å². The molecule has 2 amide bonds. The van der Waals surface area contributed by atoms with Gasteiger partial charge in [0.25, 0.3) is 0 Å². The first kappa shape index (κ1) is 15.3. The molecular weight excluding hydrogens is 264 g/mol. The minimum absolute atomic E-state index is 0.0130. The fourth-order valence-electron chi connectivity index (χ4n) is 2.47. The lowest BCUT2D eigenvalue weighted by molar-refractivity contribution is -0.130. The maximum Gasteiger partial charge on any atom is 0.246 e. The van der Waals surface area contributed by atoms with Crippen molar-refractivity contribution in [2.45, 2.75) is 26.7 Å². The summed E-state index contributed by atoms with van der Waals surface area (Å²) in [5.41, 5.74) is 1.83. The van der Waals surface area contributed by atoms with E-state index in [2.05, 4.69) is 5.32 Å². The van der Waals surface area contributed by atoms with Crippen molar-refractivity contribution in [3.8, 4) is 0 Å². The first-order valence-corrected chi connectivity index (χ1v) is 7.36. The molecule has 1 aliphatic heterocycles. The molecule has 1 saturated heterocycles. The molecule has 112 valence electrons. The maximum absolute atomic E-state index is 12.2. The smallest absolute Gasteiger partial charge is 0.246 e. The summed E-state index contributed by atoms with van der Waals surface area (Å²) < 4.78 is 0. The Bertz CT molecular complexity index is 525. The molecule has 1 aliphatic rings. The fraction of sp³-hybridized carbons (Fsp3) is 0.412. The summed E-state index contributed by atoms with van der Waals surface area (Å²) in [5, 5.41) is 2.93. The third-order valence-corrected chi connectivity index (χ3v) is 3.63. The van der Waals surface area contributed by atoms with Crippen LogP contribution < -0.4 is 5.32 Å². The lowest BCUT2D eigenvalue weighted by Crippen LogP contribution is -2.40. The number of allylic oxidation sites excluding steroid dienone is 1. The number of hydrogen-bond acceptors (Lipinski definition) is 2. The molecule has 0 radical (unpaired) electrons. The molecule has 0 atom stereocenters. The first-order chi connectivity index (χ1) is 10.1. The van der Waals surface area contributed by atoms with Gasteiger partial charge in [0.1, 0.15) is 0 Å². The average Bonchev–Trinajstić information content (AvgIpc) is 2.47. The standard InChI is InChI=1S/C17H22N2O2/c1-13(2)12-16(20)19-10-8-14(9-11-19)17(21)18-15-6-4-3-5-7-15/h3-7,12,14H,8-11H2,1-2H3,(H,18,21). The lowest BCUT2D eigenvalue weighted by Gasteiger charge is -2.30. The highest BCUT2D eigenvalue weighted by molar-refractivity contribution is 5.93. The van der Waals surface area contributed by atoms with Crippen molar-refractivity contribution in [2.24, 2.45) is 5.92 Å². The van der Waals surface area contributed by atoms with Crippen LogP contribution in [0.5, 0.6) is 0 Å². The van der Waals surface area contributed by atoms with E-state index in [1.807, 2.05) is 49.1 Å². The molecule has 1 heterocycles. The molecule has 1 N–H and O–H groups in total. The minimum Gasteiger partial charge on any atom is -0.339 e. The number of hydrogen-bond donors (Lipinski definition) is 1. The largest absolute Gasteiger partial charge is 0.339 e. The summed E-state index contributed by atoms with van der Waals surface area (Å²) in [6.45, 7) is 5.13. The molecule has 4 nitrogen and oxygen atoms in total. The van der Waals surface area contributed by atoms with Crippen LogP contribution in [0.2, 0.25) is 0 Å². The first-order valence-electron chi connectivity index (χ1n) is 7.36. The van der Waals surface area contributed by atoms with Crippen LogP contribution in [-0.2, 0) is 9.59 Å². The topological polar surface area (TPSA) is 49.4 Å². The second-order valence-corrected chi connectivity index (χ2v) is 5.68. The number of nitrogens with one attached hydrogen (secondary N) is 1. The van der Waals surface area contributed by atoms with E-state index in [1.54, 1.807) is 6.08 Å². The van der Waals surface area contributed by atoms with E-state index in [0.29, 0.717) is 13.1 Å². The Labute approximate surface area is 125 Å². The van der Waals surface area contributed by atoms with E-state index < -0.39 is 0 Å². The van der Waals surface area contributed by atoms with Gasteiger partial charge in [0, 0.05) is 30.8 Å². The summed E-state index contributed by atoms with van der Waals surface area (Å²) in [5.74, 6) is 0.0911. The Morgan fingerprint density at radius 1 is 1.14 bits per heavy atom. The van der Waals surface area contributed by atoms with Crippen molar-refractivity contribution in [1.29, 1.82) is 0 Å². The molecule has 4 heteroatoms. The van der Waals surface area contributed by atoms with Crippen LogP contribution >= 0.6 is 0 Å². The molecule has 0 saturated carbocycles. The number of benzene rings is 1. The van der Waals surface area contributed by atoms with Gasteiger partial charge in [-0.3, -0.25) is 9.59 Å². The highest BCUT2D eigenvalue weighted by atomic mass is 16.2. The normalized spacial score (nSPS) is 15.4. The van der Waals surface area contributed by atoms with Gasteiger partial charge in [0.2, 0.25) is 11.8 Å². The average molecular weight is 286 g/mol. The van der Waals surface area contributed by atoms with E-state index in [0.717, 1.165) is 24.1 Å².